The van der Waals surface area contributed by atoms with Gasteiger partial charge < -0.3 is 17.2 Å². The van der Waals surface area contributed by atoms with Gasteiger partial charge in [-0.3, -0.25) is 0 Å². The first-order valence-electron chi connectivity index (χ1n) is 5.00. The second-order valence-corrected chi connectivity index (χ2v) is 4.20. The van der Waals surface area contributed by atoms with Crippen LogP contribution in [0.25, 0.3) is 0 Å². The molecule has 0 aliphatic heterocycles. The fraction of sp³-hybridized carbons (Fsp3) is 0.455. The third-order valence-corrected chi connectivity index (χ3v) is 2.96. The molecule has 14 heavy (non-hydrogen) atoms. The highest BCUT2D eigenvalue weighted by atomic mass is 14.7. The summed E-state index contributed by atoms with van der Waals surface area (Å²) in [5.74, 6) is 0.650. The zero-order valence-electron chi connectivity index (χ0n) is 8.46. The molecule has 1 aromatic rings. The highest BCUT2D eigenvalue weighted by Gasteiger charge is 2.29. The molecule has 6 N–H and O–H groups in total. The van der Waals surface area contributed by atoms with Crippen molar-refractivity contribution in [3.63, 3.8) is 0 Å². The molecule has 0 saturated heterocycles. The number of anilines is 2. The first-order chi connectivity index (χ1) is 6.59. The first kappa shape index (κ1) is 9.34. The predicted octanol–water partition coefficient (Wildman–Crippen LogP) is 1.57. The zero-order chi connectivity index (χ0) is 10.3. The van der Waals surface area contributed by atoms with Crippen LogP contribution in [0, 0.1) is 12.8 Å². The van der Waals surface area contributed by atoms with Gasteiger partial charge >= 0.3 is 0 Å². The van der Waals surface area contributed by atoms with E-state index in [9.17, 15) is 0 Å². The van der Waals surface area contributed by atoms with Crippen LogP contribution in [-0.2, 0) is 0 Å². The van der Waals surface area contributed by atoms with E-state index in [2.05, 4.69) is 6.07 Å². The summed E-state index contributed by atoms with van der Waals surface area (Å²) in [5.41, 5.74) is 21.1. The average molecular weight is 191 g/mol. The van der Waals surface area contributed by atoms with Gasteiger partial charge in [-0.15, -0.1) is 0 Å². The van der Waals surface area contributed by atoms with Crippen molar-refractivity contribution in [2.24, 2.45) is 11.7 Å². The number of nitrogen functional groups attached to an aromatic ring is 2. The number of hydrogen-bond acceptors (Lipinski definition) is 3. The molecule has 0 bridgehead atoms. The lowest BCUT2D eigenvalue weighted by molar-refractivity contribution is 0.633. The Morgan fingerprint density at radius 1 is 1.29 bits per heavy atom. The number of benzene rings is 1. The van der Waals surface area contributed by atoms with Gasteiger partial charge in [0, 0.05) is 6.04 Å². The Morgan fingerprint density at radius 3 is 2.43 bits per heavy atom. The smallest absolute Gasteiger partial charge is 0.0577 e. The summed E-state index contributed by atoms with van der Waals surface area (Å²) in [6.45, 7) is 1.97. The number of aryl methyl sites for hydroxylation is 1. The molecule has 2 rings (SSSR count). The lowest BCUT2D eigenvalue weighted by Gasteiger charge is -2.14. The summed E-state index contributed by atoms with van der Waals surface area (Å²) >= 11 is 0. The maximum absolute atomic E-state index is 6.09. The molecule has 1 aliphatic rings. The molecule has 1 saturated carbocycles. The van der Waals surface area contributed by atoms with Gasteiger partial charge in [0.05, 0.1) is 11.4 Å². The zero-order valence-corrected chi connectivity index (χ0v) is 8.46. The Hall–Kier alpha value is -1.22. The molecule has 1 aliphatic carbocycles. The van der Waals surface area contributed by atoms with E-state index in [1.54, 1.807) is 0 Å². The van der Waals surface area contributed by atoms with Crippen molar-refractivity contribution in [2.75, 3.05) is 11.5 Å². The van der Waals surface area contributed by atoms with E-state index in [1.807, 2.05) is 13.0 Å². The van der Waals surface area contributed by atoms with Gasteiger partial charge in [0.15, 0.2) is 0 Å². The summed E-state index contributed by atoms with van der Waals surface area (Å²) in [7, 11) is 0. The number of nitrogens with two attached hydrogens (primary N) is 3. The molecular weight excluding hydrogens is 174 g/mol. The van der Waals surface area contributed by atoms with E-state index in [0.717, 1.165) is 11.1 Å². The lowest BCUT2D eigenvalue weighted by Crippen LogP contribution is -2.13. The van der Waals surface area contributed by atoms with Crippen molar-refractivity contribution in [3.05, 3.63) is 23.3 Å². The van der Waals surface area contributed by atoms with Crippen molar-refractivity contribution >= 4 is 11.4 Å². The van der Waals surface area contributed by atoms with Crippen LogP contribution in [0.5, 0.6) is 0 Å². The minimum absolute atomic E-state index is 0.136. The summed E-state index contributed by atoms with van der Waals surface area (Å²) in [4.78, 5) is 0. The van der Waals surface area contributed by atoms with Crippen molar-refractivity contribution in [3.8, 4) is 0 Å². The molecule has 1 aromatic carbocycles. The monoisotopic (exact) mass is 191 g/mol. The van der Waals surface area contributed by atoms with Crippen molar-refractivity contribution in [1.29, 1.82) is 0 Å². The average Bonchev–Trinajstić information content (AvgIpc) is 2.95. The standard InChI is InChI=1S/C11H17N3/c1-6-4-8(5-9(12)10(6)13)11(14)7-2-3-7/h4-5,7,11H,2-3,12-14H2,1H3/t11-/m1/s1. The Balaban J connectivity index is 2.34. The van der Waals surface area contributed by atoms with Crippen molar-refractivity contribution in [1.82, 2.24) is 0 Å². The van der Waals surface area contributed by atoms with E-state index >= 15 is 0 Å². The van der Waals surface area contributed by atoms with Crippen LogP contribution >= 0.6 is 0 Å². The van der Waals surface area contributed by atoms with Crippen LogP contribution in [0.1, 0.15) is 30.0 Å². The summed E-state index contributed by atoms with van der Waals surface area (Å²) < 4.78 is 0. The van der Waals surface area contributed by atoms with Crippen molar-refractivity contribution < 1.29 is 0 Å². The van der Waals surface area contributed by atoms with Gasteiger partial charge in [-0.1, -0.05) is 6.07 Å². The first-order valence-corrected chi connectivity index (χ1v) is 5.00. The van der Waals surface area contributed by atoms with Crippen LogP contribution in [0.4, 0.5) is 11.4 Å². The van der Waals surface area contributed by atoms with Crippen LogP contribution in [0.2, 0.25) is 0 Å². The number of hydrogen-bond donors (Lipinski definition) is 3. The fourth-order valence-corrected chi connectivity index (χ4v) is 1.77. The lowest BCUT2D eigenvalue weighted by atomic mass is 9.99. The molecular formula is C11H17N3. The van der Waals surface area contributed by atoms with Crippen LogP contribution in [0.3, 0.4) is 0 Å². The Labute approximate surface area is 84.3 Å². The second-order valence-electron chi connectivity index (χ2n) is 4.20. The summed E-state index contributed by atoms with van der Waals surface area (Å²) in [5, 5.41) is 0. The fourth-order valence-electron chi connectivity index (χ4n) is 1.77. The molecule has 0 aromatic heterocycles. The van der Waals surface area contributed by atoms with Crippen LogP contribution in [0.15, 0.2) is 12.1 Å². The highest BCUT2D eigenvalue weighted by molar-refractivity contribution is 5.68. The highest BCUT2D eigenvalue weighted by Crippen LogP contribution is 2.40. The minimum atomic E-state index is 0.136. The van der Waals surface area contributed by atoms with E-state index in [-0.39, 0.29) is 6.04 Å². The quantitative estimate of drug-likeness (QED) is 0.621. The van der Waals surface area contributed by atoms with Gasteiger partial charge in [-0.2, -0.15) is 0 Å². The molecule has 76 valence electrons. The Morgan fingerprint density at radius 2 is 1.93 bits per heavy atom. The topological polar surface area (TPSA) is 78.1 Å². The maximum atomic E-state index is 6.09. The Bertz CT molecular complexity index is 333. The van der Waals surface area contributed by atoms with E-state index < -0.39 is 0 Å². The molecule has 0 spiro atoms. The third-order valence-electron chi connectivity index (χ3n) is 2.96. The summed E-state index contributed by atoms with van der Waals surface area (Å²) in [6.07, 6.45) is 2.48. The number of rotatable bonds is 2. The SMILES string of the molecule is Cc1cc([C@H](N)C2CC2)cc(N)c1N. The van der Waals surface area contributed by atoms with E-state index in [4.69, 9.17) is 17.2 Å². The minimum Gasteiger partial charge on any atom is -0.397 e. The predicted molar refractivity (Wildman–Crippen MR) is 59.7 cm³/mol. The molecule has 1 atom stereocenters. The third kappa shape index (κ3) is 1.55. The largest absolute Gasteiger partial charge is 0.397 e. The Kier molecular flexibility index (Phi) is 2.11. The van der Waals surface area contributed by atoms with Crippen LogP contribution in [-0.4, -0.2) is 0 Å². The van der Waals surface area contributed by atoms with Gasteiger partial charge in [0.1, 0.15) is 0 Å². The molecule has 1 fully saturated rings. The van der Waals surface area contributed by atoms with E-state index in [1.165, 1.54) is 12.8 Å². The molecule has 0 radical (unpaired) electrons. The van der Waals surface area contributed by atoms with Crippen molar-refractivity contribution in [2.45, 2.75) is 25.8 Å². The normalized spacial score (nSPS) is 18.1. The molecule has 0 amide bonds. The van der Waals surface area contributed by atoms with Gasteiger partial charge in [0.25, 0.3) is 0 Å². The molecule has 3 heteroatoms. The van der Waals surface area contributed by atoms with Gasteiger partial charge in [-0.25, -0.2) is 0 Å². The van der Waals surface area contributed by atoms with Crippen LogP contribution < -0.4 is 17.2 Å². The molecule has 3 nitrogen and oxygen atoms in total. The molecule has 0 heterocycles. The summed E-state index contributed by atoms with van der Waals surface area (Å²) in [6, 6.07) is 4.09. The second kappa shape index (κ2) is 3.17. The van der Waals surface area contributed by atoms with Gasteiger partial charge in [0.2, 0.25) is 0 Å². The maximum Gasteiger partial charge on any atom is 0.0577 e. The van der Waals surface area contributed by atoms with Gasteiger partial charge in [-0.05, 0) is 42.9 Å². The molecule has 0 unspecified atom stereocenters. The van der Waals surface area contributed by atoms with E-state index in [0.29, 0.717) is 17.3 Å².